The molecule has 0 amide bonds. The highest BCUT2D eigenvalue weighted by molar-refractivity contribution is 5.33. The zero-order valence-electron chi connectivity index (χ0n) is 15.2. The second kappa shape index (κ2) is 11.0. The van der Waals surface area contributed by atoms with Crippen molar-refractivity contribution in [2.45, 2.75) is 20.4 Å². The second-order valence-corrected chi connectivity index (χ2v) is 5.88. The van der Waals surface area contributed by atoms with Crippen LogP contribution in [-0.2, 0) is 6.54 Å². The molecule has 0 fully saturated rings. The lowest BCUT2D eigenvalue weighted by atomic mass is 10.2. The smallest absolute Gasteiger partial charge is 0.127 e. The van der Waals surface area contributed by atoms with Gasteiger partial charge in [-0.2, -0.15) is 0 Å². The lowest BCUT2D eigenvalue weighted by Gasteiger charge is -2.05. The fourth-order valence-corrected chi connectivity index (χ4v) is 2.08. The number of ether oxygens (including phenoxy) is 1. The van der Waals surface area contributed by atoms with Crippen LogP contribution >= 0.6 is 0 Å². The van der Waals surface area contributed by atoms with Crippen molar-refractivity contribution in [3.63, 3.8) is 0 Å². The quantitative estimate of drug-likeness (QED) is 0.664. The van der Waals surface area contributed by atoms with E-state index < -0.39 is 0 Å². The summed E-state index contributed by atoms with van der Waals surface area (Å²) in [5.74, 6) is 1.76. The maximum atomic E-state index is 8.45. The van der Waals surface area contributed by atoms with Gasteiger partial charge in [-0.05, 0) is 38.1 Å². The summed E-state index contributed by atoms with van der Waals surface area (Å²) < 4.78 is 5.69. The third-order valence-electron chi connectivity index (χ3n) is 3.51. The highest BCUT2D eigenvalue weighted by atomic mass is 16.5. The Morgan fingerprint density at radius 2 is 1.35 bits per heavy atom. The van der Waals surface area contributed by atoms with Crippen molar-refractivity contribution in [3.8, 4) is 11.5 Å². The monoisotopic (exact) mass is 351 g/mol. The van der Waals surface area contributed by atoms with E-state index in [1.54, 1.807) is 12.4 Å². The van der Waals surface area contributed by atoms with Crippen LogP contribution in [0.3, 0.4) is 0 Å². The maximum Gasteiger partial charge on any atom is 0.127 e. The molecule has 1 aromatic heterocycles. The molecule has 5 nitrogen and oxygen atoms in total. The number of aromatic nitrogens is 2. The molecule has 2 N–H and O–H groups in total. The first kappa shape index (κ1) is 19.6. The number of nitrogens with one attached hydrogen (secondary N) is 1. The number of aliphatic hydroxyl groups excluding tert-OH is 1. The van der Waals surface area contributed by atoms with Crippen LogP contribution in [0.4, 0.5) is 0 Å². The van der Waals surface area contributed by atoms with Crippen LogP contribution in [0, 0.1) is 13.8 Å². The van der Waals surface area contributed by atoms with E-state index in [4.69, 9.17) is 9.84 Å². The van der Waals surface area contributed by atoms with E-state index in [0.29, 0.717) is 13.1 Å². The molecule has 136 valence electrons. The molecule has 0 atom stereocenters. The van der Waals surface area contributed by atoms with Crippen LogP contribution < -0.4 is 10.1 Å². The van der Waals surface area contributed by atoms with Gasteiger partial charge in [0.25, 0.3) is 0 Å². The van der Waals surface area contributed by atoms with E-state index in [1.807, 2.05) is 48.5 Å². The van der Waals surface area contributed by atoms with E-state index in [1.165, 1.54) is 17.5 Å². The predicted molar refractivity (Wildman–Crippen MR) is 103 cm³/mol. The Morgan fingerprint density at radius 1 is 0.846 bits per heavy atom. The van der Waals surface area contributed by atoms with Gasteiger partial charge in [-0.25, -0.2) is 9.97 Å². The normalized spacial score (nSPS) is 9.96. The molecular weight excluding hydrogens is 326 g/mol. The fraction of sp³-hybridized carbons (Fsp3) is 0.238. The van der Waals surface area contributed by atoms with Crippen LogP contribution in [-0.4, -0.2) is 28.2 Å². The highest BCUT2D eigenvalue weighted by Crippen LogP contribution is 2.21. The minimum Gasteiger partial charge on any atom is -0.457 e. The van der Waals surface area contributed by atoms with Crippen molar-refractivity contribution in [3.05, 3.63) is 83.9 Å². The zero-order chi connectivity index (χ0) is 18.6. The van der Waals surface area contributed by atoms with Gasteiger partial charge in [0.05, 0.1) is 6.61 Å². The third-order valence-corrected chi connectivity index (χ3v) is 3.51. The molecule has 0 aliphatic rings. The average Bonchev–Trinajstić information content (AvgIpc) is 2.67. The number of aliphatic hydroxyl groups is 1. The van der Waals surface area contributed by atoms with Gasteiger partial charge in [0.1, 0.15) is 17.8 Å². The Kier molecular flexibility index (Phi) is 8.26. The summed E-state index contributed by atoms with van der Waals surface area (Å²) in [5, 5.41) is 11.5. The molecule has 0 spiro atoms. The molecule has 5 heteroatoms. The molecule has 0 saturated heterocycles. The van der Waals surface area contributed by atoms with E-state index >= 15 is 0 Å². The molecule has 0 bridgehead atoms. The summed E-state index contributed by atoms with van der Waals surface area (Å²) in [5.41, 5.74) is 3.51. The van der Waals surface area contributed by atoms with Gasteiger partial charge in [-0.1, -0.05) is 35.4 Å². The predicted octanol–water partition coefficient (Wildman–Crippen LogP) is 3.65. The molecular formula is C21H25N3O2. The lowest BCUT2D eigenvalue weighted by Crippen LogP contribution is -2.17. The van der Waals surface area contributed by atoms with E-state index in [0.717, 1.165) is 17.1 Å². The average molecular weight is 351 g/mol. The van der Waals surface area contributed by atoms with Crippen LogP contribution in [0.25, 0.3) is 0 Å². The number of nitrogens with zero attached hydrogens (tertiary/aromatic N) is 2. The largest absolute Gasteiger partial charge is 0.457 e. The molecule has 3 rings (SSSR count). The SMILES string of the molecule is Cc1ccc(Oc2ccc(C)cc2)cc1.OCCNCc1cncnc1. The maximum absolute atomic E-state index is 8.45. The van der Waals surface area contributed by atoms with E-state index in [2.05, 4.69) is 29.1 Å². The Morgan fingerprint density at radius 3 is 1.81 bits per heavy atom. The minimum absolute atomic E-state index is 0.160. The third kappa shape index (κ3) is 7.42. The van der Waals surface area contributed by atoms with Crippen molar-refractivity contribution in [1.29, 1.82) is 0 Å². The van der Waals surface area contributed by atoms with Gasteiger partial charge in [-0.15, -0.1) is 0 Å². The molecule has 3 aromatic rings. The Labute approximate surface area is 154 Å². The van der Waals surface area contributed by atoms with Crippen molar-refractivity contribution in [1.82, 2.24) is 15.3 Å². The molecule has 0 unspecified atom stereocenters. The van der Waals surface area contributed by atoms with Gasteiger partial charge in [0.15, 0.2) is 0 Å². The number of hydrogen-bond donors (Lipinski definition) is 2. The molecule has 2 aromatic carbocycles. The van der Waals surface area contributed by atoms with Crippen LogP contribution in [0.1, 0.15) is 16.7 Å². The number of aryl methyl sites for hydroxylation is 2. The Bertz CT molecular complexity index is 701. The van der Waals surface area contributed by atoms with Crippen molar-refractivity contribution in [2.75, 3.05) is 13.2 Å². The number of hydrogen-bond acceptors (Lipinski definition) is 5. The van der Waals surface area contributed by atoms with Crippen LogP contribution in [0.2, 0.25) is 0 Å². The Hall–Kier alpha value is -2.76. The Balaban J connectivity index is 0.000000197. The second-order valence-electron chi connectivity index (χ2n) is 5.88. The molecule has 0 radical (unpaired) electrons. The highest BCUT2D eigenvalue weighted by Gasteiger charge is 1.95. The summed E-state index contributed by atoms with van der Waals surface area (Å²) in [7, 11) is 0. The van der Waals surface area contributed by atoms with Crippen molar-refractivity contribution >= 4 is 0 Å². The minimum atomic E-state index is 0.160. The van der Waals surface area contributed by atoms with E-state index in [9.17, 15) is 0 Å². The number of rotatable bonds is 6. The van der Waals surface area contributed by atoms with Crippen LogP contribution in [0.5, 0.6) is 11.5 Å². The van der Waals surface area contributed by atoms with Crippen molar-refractivity contribution < 1.29 is 9.84 Å². The summed E-state index contributed by atoms with van der Waals surface area (Å²) in [4.78, 5) is 7.70. The first-order chi connectivity index (χ1) is 12.7. The van der Waals surface area contributed by atoms with Gasteiger partial charge in [0.2, 0.25) is 0 Å². The summed E-state index contributed by atoms with van der Waals surface area (Å²) in [6, 6.07) is 16.1. The number of benzene rings is 2. The topological polar surface area (TPSA) is 67.3 Å². The van der Waals surface area contributed by atoms with Crippen molar-refractivity contribution in [2.24, 2.45) is 0 Å². The fourth-order valence-electron chi connectivity index (χ4n) is 2.08. The van der Waals surface area contributed by atoms with E-state index in [-0.39, 0.29) is 6.61 Å². The standard InChI is InChI=1S/C14H14O.C7H11N3O/c1-11-3-7-13(8-4-11)15-14-9-5-12(2)6-10-14;11-2-1-8-3-7-4-9-6-10-5-7/h3-10H,1-2H3;4-6,8,11H,1-3H2. The molecule has 0 aliphatic carbocycles. The summed E-state index contributed by atoms with van der Waals surface area (Å²) >= 11 is 0. The van der Waals surface area contributed by atoms with Gasteiger partial charge >= 0.3 is 0 Å². The summed E-state index contributed by atoms with van der Waals surface area (Å²) in [6.45, 7) is 5.61. The van der Waals surface area contributed by atoms with Gasteiger partial charge in [0, 0.05) is 31.0 Å². The first-order valence-electron chi connectivity index (χ1n) is 8.54. The first-order valence-corrected chi connectivity index (χ1v) is 8.54. The zero-order valence-corrected chi connectivity index (χ0v) is 15.2. The van der Waals surface area contributed by atoms with Gasteiger partial charge in [-0.3, -0.25) is 0 Å². The molecule has 1 heterocycles. The lowest BCUT2D eigenvalue weighted by molar-refractivity contribution is 0.292. The summed E-state index contributed by atoms with van der Waals surface area (Å²) in [6.07, 6.45) is 4.99. The van der Waals surface area contributed by atoms with Crippen LogP contribution in [0.15, 0.2) is 67.3 Å². The molecule has 26 heavy (non-hydrogen) atoms. The molecule has 0 aliphatic heterocycles. The van der Waals surface area contributed by atoms with Gasteiger partial charge < -0.3 is 15.2 Å². The molecule has 0 saturated carbocycles.